The fourth-order valence-corrected chi connectivity index (χ4v) is 11.0. The van der Waals surface area contributed by atoms with Crippen LogP contribution in [0.2, 0.25) is 0 Å². The third kappa shape index (κ3) is 6.59. The lowest BCUT2D eigenvalue weighted by atomic mass is 9.43. The molecule has 1 aromatic carbocycles. The zero-order valence-electron chi connectivity index (χ0n) is 31.3. The number of carbonyl (C=O) groups excluding carboxylic acids is 2. The first kappa shape index (κ1) is 36.6. The molecule has 4 saturated heterocycles. The first-order valence-corrected chi connectivity index (χ1v) is 19.2. The summed E-state index contributed by atoms with van der Waals surface area (Å²) >= 11 is 0. The van der Waals surface area contributed by atoms with Gasteiger partial charge < -0.3 is 29.0 Å². The van der Waals surface area contributed by atoms with E-state index in [4.69, 9.17) is 18.8 Å². The molecule has 4 heterocycles. The van der Waals surface area contributed by atoms with Crippen LogP contribution in [0.15, 0.2) is 24.3 Å². The smallest absolute Gasteiger partial charge is 0.447 e. The summed E-state index contributed by atoms with van der Waals surface area (Å²) < 4.78 is 38.7. The van der Waals surface area contributed by atoms with Crippen LogP contribution in [0.3, 0.4) is 0 Å². The minimum Gasteiger partial charge on any atom is -0.447 e. The maximum Gasteiger partial charge on any atom is 0.482 e. The van der Waals surface area contributed by atoms with Crippen LogP contribution >= 0.6 is 0 Å². The molecule has 3 saturated carbocycles. The SMILES string of the molecule is CC(CC(C)(C)N1CCOCC1)C(C#N)C(=O)N1C2CCC1(COC(=O)N[C@@H](Cc1ccc(F)cc1)B1O[C@@H]3C[C@@H]4C[C@@H](C4(C)C)[C@]3(C)O1)CC2. The summed E-state index contributed by atoms with van der Waals surface area (Å²) in [5, 5.41) is 13.4. The highest BCUT2D eigenvalue weighted by Crippen LogP contribution is 2.65. The third-order valence-electron chi connectivity index (χ3n) is 14.1. The number of ether oxygens (including phenoxy) is 2. The number of alkyl carbamates (subject to hydrolysis) is 1. The Hall–Kier alpha value is -2.72. The number of morpholine rings is 1. The summed E-state index contributed by atoms with van der Waals surface area (Å²) in [4.78, 5) is 32.2. The second kappa shape index (κ2) is 13.6. The lowest BCUT2D eigenvalue weighted by Crippen LogP contribution is -2.65. The van der Waals surface area contributed by atoms with Crippen molar-refractivity contribution in [2.45, 2.75) is 128 Å². The van der Waals surface area contributed by atoms with Crippen LogP contribution in [0.5, 0.6) is 0 Å². The summed E-state index contributed by atoms with van der Waals surface area (Å²) in [5.41, 5.74) is -0.243. The molecule has 8 rings (SSSR count). The van der Waals surface area contributed by atoms with Crippen LogP contribution in [0, 0.1) is 46.2 Å². The topological polar surface area (TPSA) is 113 Å². The molecule has 10 nitrogen and oxygen atoms in total. The van der Waals surface area contributed by atoms with Gasteiger partial charge in [0.2, 0.25) is 5.91 Å². The molecule has 278 valence electrons. The molecule has 7 fully saturated rings. The fourth-order valence-electron chi connectivity index (χ4n) is 11.0. The van der Waals surface area contributed by atoms with Gasteiger partial charge in [0, 0.05) is 24.7 Å². The van der Waals surface area contributed by atoms with Crippen molar-refractivity contribution in [3.8, 4) is 6.07 Å². The molecule has 2 unspecified atom stereocenters. The second-order valence-corrected chi connectivity index (χ2v) is 17.9. The van der Waals surface area contributed by atoms with E-state index in [-0.39, 0.29) is 47.3 Å². The number of hydrogen-bond donors (Lipinski definition) is 1. The Balaban J connectivity index is 1.02. The Morgan fingerprint density at radius 3 is 2.47 bits per heavy atom. The van der Waals surface area contributed by atoms with Crippen LogP contribution in [-0.4, -0.2) is 96.6 Å². The average Bonchev–Trinajstić information content (AvgIpc) is 3.77. The Morgan fingerprint density at radius 2 is 1.82 bits per heavy atom. The minimum atomic E-state index is -0.782. The third-order valence-corrected chi connectivity index (χ3v) is 14.1. The molecule has 0 radical (unpaired) electrons. The van der Waals surface area contributed by atoms with Crippen LogP contribution in [-0.2, 0) is 30.0 Å². The molecule has 4 bridgehead atoms. The van der Waals surface area contributed by atoms with Gasteiger partial charge in [0.25, 0.3) is 0 Å². The molecular formula is C39H56BFN4O6. The van der Waals surface area contributed by atoms with Crippen molar-refractivity contribution in [2.75, 3.05) is 32.9 Å². The van der Waals surface area contributed by atoms with Gasteiger partial charge in [-0.1, -0.05) is 32.9 Å². The number of rotatable bonds is 11. The van der Waals surface area contributed by atoms with Crippen molar-refractivity contribution in [2.24, 2.45) is 29.1 Å². The van der Waals surface area contributed by atoms with Crippen LogP contribution < -0.4 is 5.32 Å². The number of nitriles is 1. The van der Waals surface area contributed by atoms with E-state index >= 15 is 0 Å². The average molecular weight is 707 g/mol. The van der Waals surface area contributed by atoms with Gasteiger partial charge >= 0.3 is 13.2 Å². The van der Waals surface area contributed by atoms with E-state index in [1.807, 2.05) is 11.8 Å². The van der Waals surface area contributed by atoms with Crippen molar-refractivity contribution in [3.05, 3.63) is 35.6 Å². The fraction of sp³-hybridized carbons (Fsp3) is 0.769. The first-order chi connectivity index (χ1) is 24.2. The van der Waals surface area contributed by atoms with Crippen molar-refractivity contribution in [1.29, 1.82) is 5.26 Å². The summed E-state index contributed by atoms with van der Waals surface area (Å²) in [5.74, 6) is -1.02. The van der Waals surface area contributed by atoms with Crippen LogP contribution in [0.4, 0.5) is 9.18 Å². The van der Waals surface area contributed by atoms with E-state index < -0.39 is 36.2 Å². The van der Waals surface area contributed by atoms with E-state index in [0.717, 1.165) is 57.2 Å². The van der Waals surface area contributed by atoms with Gasteiger partial charge in [-0.05, 0) is 113 Å². The largest absolute Gasteiger partial charge is 0.482 e. The molecule has 7 aliphatic rings. The number of nitrogens with zero attached hydrogens (tertiary/aromatic N) is 3. The van der Waals surface area contributed by atoms with Gasteiger partial charge in [-0.3, -0.25) is 9.69 Å². The van der Waals surface area contributed by atoms with E-state index in [1.165, 1.54) is 12.1 Å². The Labute approximate surface area is 303 Å². The molecule has 51 heavy (non-hydrogen) atoms. The lowest BCUT2D eigenvalue weighted by Gasteiger charge is -2.64. The number of amides is 2. The second-order valence-electron chi connectivity index (χ2n) is 17.9. The van der Waals surface area contributed by atoms with Gasteiger partial charge in [0.1, 0.15) is 18.3 Å². The molecule has 0 spiro atoms. The maximum absolute atomic E-state index is 14.3. The summed E-state index contributed by atoms with van der Waals surface area (Å²) in [6.07, 6.45) is 5.58. The van der Waals surface area contributed by atoms with Gasteiger partial charge in [-0.25, -0.2) is 9.18 Å². The van der Waals surface area contributed by atoms with Crippen molar-refractivity contribution < 1.29 is 32.8 Å². The standard InChI is InChI=1S/C39H56BFN4O6/c1-25(22-36(2,3)44-15-17-48-18-16-44)30(23-42)34(46)45-29-11-13-39(45,14-12-29)24-49-35(47)43-33(19-26-7-9-28(41)10-8-26)40-50-32-21-27-20-31(37(27,4)5)38(32,6)51-40/h7-10,25,27,29-33H,11-22,24H2,1-6H3,(H,43,47)/t25?,27-,29?,30?,31-,32+,33-,38-,39?/m0/s1. The predicted molar refractivity (Wildman–Crippen MR) is 190 cm³/mol. The number of hydrogen-bond acceptors (Lipinski definition) is 8. The number of benzene rings is 1. The van der Waals surface area contributed by atoms with E-state index in [2.05, 4.69) is 50.9 Å². The highest BCUT2D eigenvalue weighted by Gasteiger charge is 2.68. The normalized spacial score (nSPS) is 34.2. The van der Waals surface area contributed by atoms with Gasteiger partial charge in [0.15, 0.2) is 0 Å². The number of halogens is 1. The molecule has 12 heteroatoms. The van der Waals surface area contributed by atoms with E-state index in [1.54, 1.807) is 12.1 Å². The molecule has 3 aliphatic carbocycles. The Bertz CT molecular complexity index is 1510. The molecule has 1 N–H and O–H groups in total. The quantitative estimate of drug-likeness (QED) is 0.299. The Kier molecular flexibility index (Phi) is 9.77. The molecule has 4 aliphatic heterocycles. The van der Waals surface area contributed by atoms with Crippen LogP contribution in [0.1, 0.15) is 92.1 Å². The number of nitrogens with one attached hydrogen (secondary N) is 1. The van der Waals surface area contributed by atoms with Gasteiger partial charge in [0.05, 0.1) is 42.5 Å². The predicted octanol–water partition coefficient (Wildman–Crippen LogP) is 5.53. The minimum absolute atomic E-state index is 0.0468. The lowest BCUT2D eigenvalue weighted by molar-refractivity contribution is -0.199. The highest BCUT2D eigenvalue weighted by molar-refractivity contribution is 6.47. The van der Waals surface area contributed by atoms with Crippen LogP contribution in [0.25, 0.3) is 0 Å². The van der Waals surface area contributed by atoms with Gasteiger partial charge in [-0.2, -0.15) is 5.26 Å². The molecule has 1 aromatic rings. The molecule has 7 atom stereocenters. The molecular weight excluding hydrogens is 650 g/mol. The van der Waals surface area contributed by atoms with E-state index in [9.17, 15) is 19.2 Å². The molecule has 0 aromatic heterocycles. The van der Waals surface area contributed by atoms with Crippen molar-refractivity contribution in [3.63, 3.8) is 0 Å². The summed E-state index contributed by atoms with van der Waals surface area (Å²) in [7, 11) is -0.689. The van der Waals surface area contributed by atoms with Crippen molar-refractivity contribution >= 4 is 19.1 Å². The van der Waals surface area contributed by atoms with E-state index in [0.29, 0.717) is 37.9 Å². The zero-order valence-corrected chi connectivity index (χ0v) is 31.3. The zero-order chi connectivity index (χ0) is 36.3. The number of fused-ring (bicyclic) bond motifs is 2. The summed E-state index contributed by atoms with van der Waals surface area (Å²) in [6, 6.07) is 8.68. The maximum atomic E-state index is 14.3. The highest BCUT2D eigenvalue weighted by atomic mass is 19.1. The Morgan fingerprint density at radius 1 is 1.14 bits per heavy atom. The first-order valence-electron chi connectivity index (χ1n) is 19.2. The van der Waals surface area contributed by atoms with Gasteiger partial charge in [-0.15, -0.1) is 0 Å². The van der Waals surface area contributed by atoms with Crippen molar-refractivity contribution in [1.82, 2.24) is 15.1 Å². The summed E-state index contributed by atoms with van der Waals surface area (Å²) in [6.45, 7) is 16.3. The molecule has 2 amide bonds. The monoisotopic (exact) mass is 706 g/mol. The number of carbonyl (C=O) groups is 2.